The number of aliphatic hydroxyl groups excluding tert-OH is 1. The Morgan fingerprint density at radius 1 is 1.08 bits per heavy atom. The summed E-state index contributed by atoms with van der Waals surface area (Å²) in [7, 11) is 0. The average molecular weight is 186 g/mol. The Bertz CT molecular complexity index is 110. The molecule has 1 N–H and O–H groups in total. The Labute approximate surface area is 83.5 Å². The minimum absolute atomic E-state index is 0.0658. The molecule has 0 saturated carbocycles. The van der Waals surface area contributed by atoms with E-state index in [0.29, 0.717) is 11.8 Å². The molecular formula is C12H26O. The molecule has 0 amide bonds. The first kappa shape index (κ1) is 13.0. The summed E-state index contributed by atoms with van der Waals surface area (Å²) in [5.41, 5.74) is 0. The zero-order valence-electron chi connectivity index (χ0n) is 9.71. The summed E-state index contributed by atoms with van der Waals surface area (Å²) >= 11 is 0. The monoisotopic (exact) mass is 186 g/mol. The molecule has 0 saturated heterocycles. The molecule has 0 aromatic carbocycles. The van der Waals surface area contributed by atoms with Crippen LogP contribution in [0.1, 0.15) is 59.8 Å². The lowest BCUT2D eigenvalue weighted by Gasteiger charge is -2.19. The minimum Gasteiger partial charge on any atom is -0.393 e. The van der Waals surface area contributed by atoms with Gasteiger partial charge >= 0.3 is 0 Å². The molecule has 0 aliphatic rings. The fourth-order valence-corrected chi connectivity index (χ4v) is 1.45. The lowest BCUT2D eigenvalue weighted by Crippen LogP contribution is -2.15. The molecule has 1 nitrogen and oxygen atoms in total. The van der Waals surface area contributed by atoms with Gasteiger partial charge in [-0.1, -0.05) is 47.0 Å². The second kappa shape index (κ2) is 7.37. The van der Waals surface area contributed by atoms with Gasteiger partial charge in [0.15, 0.2) is 0 Å². The number of rotatable bonds is 7. The van der Waals surface area contributed by atoms with Crippen LogP contribution < -0.4 is 0 Å². The van der Waals surface area contributed by atoms with Crippen LogP contribution in [0.3, 0.4) is 0 Å². The third kappa shape index (κ3) is 7.06. The SMILES string of the molecule is CCCCCC(O)CC(C)C(C)C. The Hall–Kier alpha value is -0.0400. The van der Waals surface area contributed by atoms with E-state index in [-0.39, 0.29) is 6.10 Å². The summed E-state index contributed by atoms with van der Waals surface area (Å²) in [6.07, 6.45) is 5.58. The van der Waals surface area contributed by atoms with E-state index in [1.54, 1.807) is 0 Å². The van der Waals surface area contributed by atoms with Crippen molar-refractivity contribution in [2.24, 2.45) is 11.8 Å². The molecule has 0 spiro atoms. The molecule has 0 fully saturated rings. The summed E-state index contributed by atoms with van der Waals surface area (Å²) < 4.78 is 0. The van der Waals surface area contributed by atoms with Crippen LogP contribution in [0.4, 0.5) is 0 Å². The Morgan fingerprint density at radius 2 is 1.69 bits per heavy atom. The molecule has 0 bridgehead atoms. The largest absolute Gasteiger partial charge is 0.393 e. The fourth-order valence-electron chi connectivity index (χ4n) is 1.45. The maximum Gasteiger partial charge on any atom is 0.0542 e. The van der Waals surface area contributed by atoms with Crippen LogP contribution in [0.25, 0.3) is 0 Å². The van der Waals surface area contributed by atoms with Crippen LogP contribution in [0, 0.1) is 11.8 Å². The average Bonchev–Trinajstić information content (AvgIpc) is 2.04. The third-order valence-electron chi connectivity index (χ3n) is 2.92. The molecular weight excluding hydrogens is 160 g/mol. The molecule has 2 atom stereocenters. The fraction of sp³-hybridized carbons (Fsp3) is 1.00. The summed E-state index contributed by atoms with van der Waals surface area (Å²) in [6, 6.07) is 0. The standard InChI is InChI=1S/C12H26O/c1-5-6-7-8-12(13)9-11(4)10(2)3/h10-13H,5-9H2,1-4H3. The normalized spacial score (nSPS) is 16.2. The van der Waals surface area contributed by atoms with Gasteiger partial charge in [-0.05, 0) is 24.7 Å². The van der Waals surface area contributed by atoms with E-state index in [2.05, 4.69) is 27.7 Å². The van der Waals surface area contributed by atoms with Crippen LogP contribution >= 0.6 is 0 Å². The highest BCUT2D eigenvalue weighted by Crippen LogP contribution is 2.18. The molecule has 13 heavy (non-hydrogen) atoms. The molecule has 80 valence electrons. The Balaban J connectivity index is 3.43. The van der Waals surface area contributed by atoms with E-state index in [4.69, 9.17) is 0 Å². The zero-order valence-corrected chi connectivity index (χ0v) is 9.71. The van der Waals surface area contributed by atoms with Crippen LogP contribution in [0.2, 0.25) is 0 Å². The van der Waals surface area contributed by atoms with Crippen molar-refractivity contribution < 1.29 is 5.11 Å². The number of aliphatic hydroxyl groups is 1. The predicted octanol–water partition coefficient (Wildman–Crippen LogP) is 3.61. The first-order valence-corrected chi connectivity index (χ1v) is 5.76. The molecule has 0 aliphatic heterocycles. The van der Waals surface area contributed by atoms with Crippen molar-refractivity contribution in [2.45, 2.75) is 65.9 Å². The van der Waals surface area contributed by atoms with Crippen LogP contribution in [0.15, 0.2) is 0 Å². The molecule has 0 aromatic rings. The third-order valence-corrected chi connectivity index (χ3v) is 2.92. The molecule has 2 unspecified atom stereocenters. The first-order valence-electron chi connectivity index (χ1n) is 5.76. The van der Waals surface area contributed by atoms with Crippen molar-refractivity contribution >= 4 is 0 Å². The number of unbranched alkanes of at least 4 members (excludes halogenated alkanes) is 2. The van der Waals surface area contributed by atoms with E-state index >= 15 is 0 Å². The van der Waals surface area contributed by atoms with E-state index in [0.717, 1.165) is 12.8 Å². The maximum absolute atomic E-state index is 9.70. The second-order valence-corrected chi connectivity index (χ2v) is 4.61. The first-order chi connectivity index (χ1) is 6.07. The molecule has 1 heteroatoms. The summed E-state index contributed by atoms with van der Waals surface area (Å²) in [5.74, 6) is 1.34. The molecule has 0 aromatic heterocycles. The van der Waals surface area contributed by atoms with Gasteiger partial charge in [0.2, 0.25) is 0 Å². The van der Waals surface area contributed by atoms with Gasteiger partial charge < -0.3 is 5.11 Å². The van der Waals surface area contributed by atoms with E-state index in [1.165, 1.54) is 19.3 Å². The van der Waals surface area contributed by atoms with Gasteiger partial charge in [0, 0.05) is 0 Å². The van der Waals surface area contributed by atoms with Gasteiger partial charge in [0.1, 0.15) is 0 Å². The van der Waals surface area contributed by atoms with Crippen LogP contribution in [-0.4, -0.2) is 11.2 Å². The number of hydrogen-bond acceptors (Lipinski definition) is 1. The lowest BCUT2D eigenvalue weighted by molar-refractivity contribution is 0.122. The van der Waals surface area contributed by atoms with Gasteiger partial charge in [-0.25, -0.2) is 0 Å². The second-order valence-electron chi connectivity index (χ2n) is 4.61. The van der Waals surface area contributed by atoms with Gasteiger partial charge in [-0.2, -0.15) is 0 Å². The van der Waals surface area contributed by atoms with Crippen molar-refractivity contribution in [3.05, 3.63) is 0 Å². The highest BCUT2D eigenvalue weighted by molar-refractivity contribution is 4.64. The number of hydrogen-bond donors (Lipinski definition) is 1. The van der Waals surface area contributed by atoms with Crippen molar-refractivity contribution in [3.8, 4) is 0 Å². The zero-order chi connectivity index (χ0) is 10.3. The summed E-state index contributed by atoms with van der Waals surface area (Å²) in [6.45, 7) is 8.88. The van der Waals surface area contributed by atoms with Crippen molar-refractivity contribution in [1.82, 2.24) is 0 Å². The molecule has 0 aliphatic carbocycles. The minimum atomic E-state index is -0.0658. The Kier molecular flexibility index (Phi) is 7.35. The van der Waals surface area contributed by atoms with E-state index in [9.17, 15) is 5.11 Å². The van der Waals surface area contributed by atoms with E-state index in [1.807, 2.05) is 0 Å². The van der Waals surface area contributed by atoms with Gasteiger partial charge in [-0.3, -0.25) is 0 Å². The van der Waals surface area contributed by atoms with Gasteiger partial charge in [0.05, 0.1) is 6.10 Å². The van der Waals surface area contributed by atoms with Crippen LogP contribution in [-0.2, 0) is 0 Å². The predicted molar refractivity (Wildman–Crippen MR) is 58.8 cm³/mol. The Morgan fingerprint density at radius 3 is 2.15 bits per heavy atom. The van der Waals surface area contributed by atoms with Crippen molar-refractivity contribution in [2.75, 3.05) is 0 Å². The maximum atomic E-state index is 9.70. The highest BCUT2D eigenvalue weighted by atomic mass is 16.3. The highest BCUT2D eigenvalue weighted by Gasteiger charge is 2.12. The topological polar surface area (TPSA) is 20.2 Å². The summed E-state index contributed by atoms with van der Waals surface area (Å²) in [4.78, 5) is 0. The lowest BCUT2D eigenvalue weighted by atomic mass is 9.90. The smallest absolute Gasteiger partial charge is 0.0542 e. The molecule has 0 rings (SSSR count). The summed E-state index contributed by atoms with van der Waals surface area (Å²) in [5, 5.41) is 9.70. The quantitative estimate of drug-likeness (QED) is 0.602. The molecule has 0 heterocycles. The van der Waals surface area contributed by atoms with Gasteiger partial charge in [0.25, 0.3) is 0 Å². The van der Waals surface area contributed by atoms with Gasteiger partial charge in [-0.15, -0.1) is 0 Å². The van der Waals surface area contributed by atoms with E-state index < -0.39 is 0 Å². The van der Waals surface area contributed by atoms with Crippen LogP contribution in [0.5, 0.6) is 0 Å². The van der Waals surface area contributed by atoms with Crippen molar-refractivity contribution in [3.63, 3.8) is 0 Å². The van der Waals surface area contributed by atoms with Crippen molar-refractivity contribution in [1.29, 1.82) is 0 Å². The molecule has 0 radical (unpaired) electrons.